The van der Waals surface area contributed by atoms with Gasteiger partial charge in [-0.1, -0.05) is 4.98 Å². The van der Waals surface area contributed by atoms with Crippen molar-refractivity contribution in [2.45, 2.75) is 50.7 Å². The van der Waals surface area contributed by atoms with E-state index in [4.69, 9.17) is 0 Å². The van der Waals surface area contributed by atoms with Crippen LogP contribution in [-0.2, 0) is 6.67 Å². The van der Waals surface area contributed by atoms with Crippen molar-refractivity contribution in [1.82, 2.24) is 29.9 Å². The molecule has 4 fully saturated rings. The monoisotopic (exact) mass is 371 g/mol. The molecule has 142 valence electrons. The predicted octanol–water partition coefficient (Wildman–Crippen LogP) is 1.59. The molecular formula is C17H21N7O3. The van der Waals surface area contributed by atoms with E-state index < -0.39 is 10.9 Å². The molecule has 0 saturated heterocycles. The van der Waals surface area contributed by atoms with Gasteiger partial charge < -0.3 is 15.4 Å². The van der Waals surface area contributed by atoms with Crippen LogP contribution in [-0.4, -0.2) is 40.9 Å². The topological polar surface area (TPSA) is 121 Å². The van der Waals surface area contributed by atoms with Crippen molar-refractivity contribution in [2.75, 3.05) is 0 Å². The van der Waals surface area contributed by atoms with Crippen LogP contribution >= 0.6 is 0 Å². The number of nitrogens with one attached hydrogen (secondary N) is 1. The number of rotatable bonds is 5. The minimum atomic E-state index is -0.649. The summed E-state index contributed by atoms with van der Waals surface area (Å²) < 4.78 is 2.83. The Balaban J connectivity index is 1.27. The Bertz CT molecular complexity index is 867. The van der Waals surface area contributed by atoms with Crippen LogP contribution in [0.3, 0.4) is 0 Å². The lowest BCUT2D eigenvalue weighted by atomic mass is 9.53. The van der Waals surface area contributed by atoms with E-state index >= 15 is 0 Å². The molecule has 4 aliphatic rings. The van der Waals surface area contributed by atoms with Crippen LogP contribution in [0.25, 0.3) is 0 Å². The number of hydrogen-bond acceptors (Lipinski definition) is 6. The molecule has 2 aromatic heterocycles. The molecule has 1 amide bonds. The van der Waals surface area contributed by atoms with Gasteiger partial charge in [-0.2, -0.15) is 9.78 Å². The Kier molecular flexibility index (Phi) is 3.56. The van der Waals surface area contributed by atoms with Gasteiger partial charge in [0.05, 0.1) is 0 Å². The van der Waals surface area contributed by atoms with Crippen LogP contribution in [0.1, 0.15) is 49.0 Å². The Morgan fingerprint density at radius 2 is 1.85 bits per heavy atom. The third kappa shape index (κ3) is 2.98. The van der Waals surface area contributed by atoms with Crippen LogP contribution in [0, 0.1) is 27.9 Å². The molecule has 2 aromatic rings. The van der Waals surface area contributed by atoms with E-state index in [0.717, 1.165) is 37.0 Å². The number of aromatic nitrogens is 5. The number of amides is 1. The summed E-state index contributed by atoms with van der Waals surface area (Å²) in [6.07, 6.45) is 10.2. The fourth-order valence-electron chi connectivity index (χ4n) is 5.72. The fourth-order valence-corrected chi connectivity index (χ4v) is 5.72. The van der Waals surface area contributed by atoms with Gasteiger partial charge in [-0.3, -0.25) is 4.79 Å². The minimum Gasteiger partial charge on any atom is -0.390 e. The second-order valence-corrected chi connectivity index (χ2v) is 8.38. The summed E-state index contributed by atoms with van der Waals surface area (Å²) in [5.74, 6) is 1.69. The average Bonchev–Trinajstić information content (AvgIpc) is 3.23. The lowest BCUT2D eigenvalue weighted by molar-refractivity contribution is -0.394. The zero-order valence-corrected chi connectivity index (χ0v) is 14.8. The smallest absolute Gasteiger partial charge is 0.390 e. The highest BCUT2D eigenvalue weighted by atomic mass is 16.6. The zero-order chi connectivity index (χ0) is 18.6. The third-order valence-corrected chi connectivity index (χ3v) is 6.27. The van der Waals surface area contributed by atoms with E-state index in [2.05, 4.69) is 20.5 Å². The number of hydrogen-bond donors (Lipinski definition) is 1. The standard InChI is InChI=1S/C17H21N7O3/c25-15(19-17-6-11-3-12(7-17)5-13(4-11)8-17)14-1-2-22(20-14)10-23-9-18-16(21-23)24(26)27/h1-2,9,11-13H,3-8,10H2,(H,19,25). The largest absolute Gasteiger partial charge is 0.491 e. The van der Waals surface area contributed by atoms with Crippen LogP contribution in [0.5, 0.6) is 0 Å². The molecule has 10 heteroatoms. The van der Waals surface area contributed by atoms with Gasteiger partial charge in [-0.25, -0.2) is 4.68 Å². The van der Waals surface area contributed by atoms with Crippen molar-refractivity contribution in [3.63, 3.8) is 0 Å². The van der Waals surface area contributed by atoms with Gasteiger partial charge in [0, 0.05) is 16.8 Å². The normalized spacial score (nSPS) is 31.2. The molecule has 0 spiro atoms. The highest BCUT2D eigenvalue weighted by Gasteiger charge is 2.51. The first kappa shape index (κ1) is 16.4. The van der Waals surface area contributed by atoms with Gasteiger partial charge >= 0.3 is 5.95 Å². The van der Waals surface area contributed by atoms with Gasteiger partial charge in [0.1, 0.15) is 5.69 Å². The van der Waals surface area contributed by atoms with Gasteiger partial charge in [0.2, 0.25) is 6.33 Å². The molecule has 10 nitrogen and oxygen atoms in total. The lowest BCUT2D eigenvalue weighted by Gasteiger charge is -2.56. The summed E-state index contributed by atoms with van der Waals surface area (Å²) >= 11 is 0. The average molecular weight is 371 g/mol. The number of nitro groups is 1. The number of carbonyl (C=O) groups is 1. The molecule has 0 aliphatic heterocycles. The van der Waals surface area contributed by atoms with E-state index in [9.17, 15) is 14.9 Å². The van der Waals surface area contributed by atoms with Crippen LogP contribution in [0.15, 0.2) is 18.6 Å². The quantitative estimate of drug-likeness (QED) is 0.629. The van der Waals surface area contributed by atoms with Crippen molar-refractivity contribution >= 4 is 11.9 Å². The molecule has 4 bridgehead atoms. The molecule has 1 N–H and O–H groups in total. The molecule has 0 unspecified atom stereocenters. The maximum absolute atomic E-state index is 12.8. The molecular weight excluding hydrogens is 350 g/mol. The highest BCUT2D eigenvalue weighted by Crippen LogP contribution is 2.55. The van der Waals surface area contributed by atoms with Gasteiger partial charge in [0.25, 0.3) is 5.91 Å². The molecule has 0 aromatic carbocycles. The van der Waals surface area contributed by atoms with Gasteiger partial charge in [-0.15, -0.1) is 0 Å². The van der Waals surface area contributed by atoms with Gasteiger partial charge in [-0.05, 0) is 67.3 Å². The molecule has 0 radical (unpaired) electrons. The molecule has 2 heterocycles. The maximum Gasteiger partial charge on any atom is 0.491 e. The number of carbonyl (C=O) groups excluding carboxylic acids is 1. The van der Waals surface area contributed by atoms with E-state index in [1.165, 1.54) is 35.0 Å². The van der Waals surface area contributed by atoms with E-state index in [1.54, 1.807) is 12.3 Å². The van der Waals surface area contributed by atoms with E-state index in [1.807, 2.05) is 0 Å². The Hall–Kier alpha value is -2.78. The first-order valence-corrected chi connectivity index (χ1v) is 9.38. The molecule has 6 rings (SSSR count). The van der Waals surface area contributed by atoms with Gasteiger partial charge in [0.15, 0.2) is 6.67 Å². The third-order valence-electron chi connectivity index (χ3n) is 6.27. The summed E-state index contributed by atoms with van der Waals surface area (Å²) in [4.78, 5) is 26.4. The first-order valence-electron chi connectivity index (χ1n) is 9.38. The van der Waals surface area contributed by atoms with Crippen molar-refractivity contribution < 1.29 is 9.72 Å². The Morgan fingerprint density at radius 3 is 2.44 bits per heavy atom. The Morgan fingerprint density at radius 1 is 1.19 bits per heavy atom. The Labute approximate surface area is 155 Å². The second-order valence-electron chi connectivity index (χ2n) is 8.38. The maximum atomic E-state index is 12.8. The SMILES string of the molecule is O=C(NC12CC3CC(CC(C3)C1)C2)c1ccn(Cn2cnc([N+](=O)[O-])n2)n1. The molecule has 4 aliphatic carbocycles. The molecule has 4 saturated carbocycles. The van der Waals surface area contributed by atoms with Crippen molar-refractivity contribution in [2.24, 2.45) is 17.8 Å². The zero-order valence-electron chi connectivity index (χ0n) is 14.8. The van der Waals surface area contributed by atoms with E-state index in [-0.39, 0.29) is 18.1 Å². The number of nitrogens with zero attached hydrogens (tertiary/aromatic N) is 6. The summed E-state index contributed by atoms with van der Waals surface area (Å²) in [7, 11) is 0. The summed E-state index contributed by atoms with van der Waals surface area (Å²) in [6, 6.07) is 1.67. The molecule has 27 heavy (non-hydrogen) atoms. The van der Waals surface area contributed by atoms with Crippen LogP contribution < -0.4 is 5.32 Å². The highest BCUT2D eigenvalue weighted by molar-refractivity contribution is 5.92. The minimum absolute atomic E-state index is 0.0534. The molecule has 0 atom stereocenters. The second kappa shape index (κ2) is 5.86. The fraction of sp³-hybridized carbons (Fsp3) is 0.647. The summed E-state index contributed by atoms with van der Waals surface area (Å²) in [5.41, 5.74) is 0.308. The van der Waals surface area contributed by atoms with E-state index in [0.29, 0.717) is 5.69 Å². The summed E-state index contributed by atoms with van der Waals surface area (Å²) in [5, 5.41) is 22.0. The summed E-state index contributed by atoms with van der Waals surface area (Å²) in [6.45, 7) is 0.158. The van der Waals surface area contributed by atoms with Crippen molar-refractivity contribution in [1.29, 1.82) is 0 Å². The first-order chi connectivity index (χ1) is 13.0. The predicted molar refractivity (Wildman–Crippen MR) is 92.7 cm³/mol. The van der Waals surface area contributed by atoms with Crippen LogP contribution in [0.2, 0.25) is 0 Å². The lowest BCUT2D eigenvalue weighted by Crippen LogP contribution is -2.59. The van der Waals surface area contributed by atoms with Crippen molar-refractivity contribution in [3.8, 4) is 0 Å². The van der Waals surface area contributed by atoms with Crippen molar-refractivity contribution in [3.05, 3.63) is 34.4 Å². The van der Waals surface area contributed by atoms with Crippen LogP contribution in [0.4, 0.5) is 5.95 Å².